The molecule has 0 aromatic rings. The molecule has 0 aliphatic carbocycles. The average Bonchev–Trinajstić information content (AvgIpc) is 2.45. The maximum atomic E-state index is 11.0. The molecule has 0 saturated heterocycles. The molecule has 0 heterocycles. The van der Waals surface area contributed by atoms with Crippen molar-refractivity contribution in [2.75, 3.05) is 7.05 Å². The van der Waals surface area contributed by atoms with Gasteiger partial charge in [0.15, 0.2) is 0 Å². The number of nitrogens with one attached hydrogen (secondary N) is 1. The number of aliphatic hydroxyl groups excluding tert-OH is 1. The van der Waals surface area contributed by atoms with Crippen LogP contribution in [0.5, 0.6) is 0 Å². The Hall–Kier alpha value is -0.570. The predicted octanol–water partition coefficient (Wildman–Crippen LogP) is 4.18. The third kappa shape index (κ3) is 13.9. The first kappa shape index (κ1) is 19.4. The van der Waals surface area contributed by atoms with Crippen molar-refractivity contribution in [2.45, 2.75) is 96.5 Å². The smallest absolute Gasteiger partial charge is 0.219 e. The summed E-state index contributed by atoms with van der Waals surface area (Å²) >= 11 is 0. The Morgan fingerprint density at radius 2 is 1.40 bits per heavy atom. The summed E-state index contributed by atoms with van der Waals surface area (Å²) in [5.41, 5.74) is 0. The zero-order valence-electron chi connectivity index (χ0n) is 13.6. The molecule has 0 bridgehead atoms. The quantitative estimate of drug-likeness (QED) is 0.470. The first-order valence-electron chi connectivity index (χ1n) is 8.59. The van der Waals surface area contributed by atoms with E-state index < -0.39 is 0 Å². The second kappa shape index (κ2) is 14.8. The Bertz CT molecular complexity index is 219. The summed E-state index contributed by atoms with van der Waals surface area (Å²) in [7, 11) is 1.65. The van der Waals surface area contributed by atoms with Crippen molar-refractivity contribution in [3.05, 3.63) is 0 Å². The Labute approximate surface area is 125 Å². The van der Waals surface area contributed by atoms with E-state index >= 15 is 0 Å². The topological polar surface area (TPSA) is 49.3 Å². The van der Waals surface area contributed by atoms with E-state index in [-0.39, 0.29) is 12.0 Å². The highest BCUT2D eigenvalue weighted by atomic mass is 16.3. The number of carbonyl (C=O) groups excluding carboxylic acids is 1. The molecule has 0 aromatic heterocycles. The molecular formula is C17H35NO2. The fourth-order valence-electron chi connectivity index (χ4n) is 2.46. The molecule has 0 aromatic carbocycles. The minimum Gasteiger partial charge on any atom is -0.393 e. The SMILES string of the molecule is CCCCCCCCCCCC(O)CCCC(=O)NC. The first-order chi connectivity index (χ1) is 9.70. The van der Waals surface area contributed by atoms with Gasteiger partial charge in [0.25, 0.3) is 0 Å². The molecule has 3 nitrogen and oxygen atoms in total. The van der Waals surface area contributed by atoms with Crippen LogP contribution >= 0.6 is 0 Å². The van der Waals surface area contributed by atoms with E-state index in [2.05, 4.69) is 12.2 Å². The molecule has 20 heavy (non-hydrogen) atoms. The number of unbranched alkanes of at least 4 members (excludes halogenated alkanes) is 8. The molecular weight excluding hydrogens is 250 g/mol. The minimum absolute atomic E-state index is 0.0697. The fourth-order valence-corrected chi connectivity index (χ4v) is 2.46. The van der Waals surface area contributed by atoms with Crippen molar-refractivity contribution in [2.24, 2.45) is 0 Å². The number of hydrogen-bond donors (Lipinski definition) is 2. The summed E-state index contributed by atoms with van der Waals surface area (Å²) in [6, 6.07) is 0. The van der Waals surface area contributed by atoms with Crippen LogP contribution in [0.1, 0.15) is 90.4 Å². The van der Waals surface area contributed by atoms with Crippen LogP contribution in [0.2, 0.25) is 0 Å². The van der Waals surface area contributed by atoms with Gasteiger partial charge in [0.2, 0.25) is 5.91 Å². The van der Waals surface area contributed by atoms with Gasteiger partial charge in [0, 0.05) is 13.5 Å². The van der Waals surface area contributed by atoms with Crippen molar-refractivity contribution in [3.8, 4) is 0 Å². The Kier molecular flexibility index (Phi) is 14.4. The normalized spacial score (nSPS) is 12.3. The highest BCUT2D eigenvalue weighted by Gasteiger charge is 2.05. The van der Waals surface area contributed by atoms with Gasteiger partial charge in [-0.1, -0.05) is 64.7 Å². The molecule has 0 spiro atoms. The van der Waals surface area contributed by atoms with Crippen molar-refractivity contribution >= 4 is 5.91 Å². The molecule has 1 atom stereocenters. The molecule has 1 amide bonds. The lowest BCUT2D eigenvalue weighted by Gasteiger charge is -2.09. The highest BCUT2D eigenvalue weighted by Crippen LogP contribution is 2.13. The summed E-state index contributed by atoms with van der Waals surface area (Å²) in [6.07, 6.45) is 14.6. The van der Waals surface area contributed by atoms with Crippen LogP contribution in [0.25, 0.3) is 0 Å². The maximum Gasteiger partial charge on any atom is 0.219 e. The molecule has 0 rings (SSSR count). The second-order valence-corrected chi connectivity index (χ2v) is 5.84. The van der Waals surface area contributed by atoms with E-state index in [1.54, 1.807) is 7.05 Å². The molecule has 0 fully saturated rings. The maximum absolute atomic E-state index is 11.0. The van der Waals surface area contributed by atoms with Crippen molar-refractivity contribution < 1.29 is 9.90 Å². The number of rotatable bonds is 14. The van der Waals surface area contributed by atoms with Gasteiger partial charge in [-0.3, -0.25) is 4.79 Å². The lowest BCUT2D eigenvalue weighted by atomic mass is 10.0. The zero-order chi connectivity index (χ0) is 15.1. The van der Waals surface area contributed by atoms with E-state index in [4.69, 9.17) is 0 Å². The van der Waals surface area contributed by atoms with Gasteiger partial charge >= 0.3 is 0 Å². The summed E-state index contributed by atoms with van der Waals surface area (Å²) in [5, 5.41) is 12.4. The molecule has 1 unspecified atom stereocenters. The van der Waals surface area contributed by atoms with Gasteiger partial charge in [-0.05, 0) is 19.3 Å². The summed E-state index contributed by atoms with van der Waals surface area (Å²) in [4.78, 5) is 11.0. The average molecular weight is 285 g/mol. The third-order valence-corrected chi connectivity index (χ3v) is 3.86. The fraction of sp³-hybridized carbons (Fsp3) is 0.941. The van der Waals surface area contributed by atoms with E-state index in [0.29, 0.717) is 6.42 Å². The Morgan fingerprint density at radius 3 is 1.95 bits per heavy atom. The van der Waals surface area contributed by atoms with Crippen LogP contribution in [0, 0.1) is 0 Å². The van der Waals surface area contributed by atoms with Gasteiger partial charge in [-0.25, -0.2) is 0 Å². The standard InChI is InChI=1S/C17H35NO2/c1-3-4-5-6-7-8-9-10-11-13-16(19)14-12-15-17(20)18-2/h16,19H,3-15H2,1-2H3,(H,18,20). The van der Waals surface area contributed by atoms with Gasteiger partial charge < -0.3 is 10.4 Å². The number of amides is 1. The molecule has 2 N–H and O–H groups in total. The monoisotopic (exact) mass is 285 g/mol. The molecule has 120 valence electrons. The van der Waals surface area contributed by atoms with Crippen LogP contribution in [-0.4, -0.2) is 24.2 Å². The predicted molar refractivity (Wildman–Crippen MR) is 85.8 cm³/mol. The largest absolute Gasteiger partial charge is 0.393 e. The van der Waals surface area contributed by atoms with E-state index in [1.165, 1.54) is 51.4 Å². The van der Waals surface area contributed by atoms with E-state index in [9.17, 15) is 9.90 Å². The zero-order valence-corrected chi connectivity index (χ0v) is 13.6. The Balaban J connectivity index is 3.19. The molecule has 0 saturated carbocycles. The lowest BCUT2D eigenvalue weighted by molar-refractivity contribution is -0.120. The number of carbonyl (C=O) groups is 1. The molecule has 0 aliphatic rings. The van der Waals surface area contributed by atoms with Crippen molar-refractivity contribution in [3.63, 3.8) is 0 Å². The van der Waals surface area contributed by atoms with Crippen molar-refractivity contribution in [1.29, 1.82) is 0 Å². The van der Waals surface area contributed by atoms with Crippen LogP contribution in [0.15, 0.2) is 0 Å². The summed E-state index contributed by atoms with van der Waals surface area (Å²) in [6.45, 7) is 2.25. The minimum atomic E-state index is -0.218. The molecule has 0 radical (unpaired) electrons. The first-order valence-corrected chi connectivity index (χ1v) is 8.59. The van der Waals surface area contributed by atoms with Crippen LogP contribution in [0.3, 0.4) is 0 Å². The number of aliphatic hydroxyl groups is 1. The molecule has 0 aliphatic heterocycles. The second-order valence-electron chi connectivity index (χ2n) is 5.84. The van der Waals surface area contributed by atoms with E-state index in [1.807, 2.05) is 0 Å². The van der Waals surface area contributed by atoms with Gasteiger partial charge in [0.1, 0.15) is 0 Å². The van der Waals surface area contributed by atoms with Gasteiger partial charge in [-0.2, -0.15) is 0 Å². The Morgan fingerprint density at radius 1 is 0.900 bits per heavy atom. The molecule has 3 heteroatoms. The lowest BCUT2D eigenvalue weighted by Crippen LogP contribution is -2.18. The summed E-state index contributed by atoms with van der Waals surface area (Å²) < 4.78 is 0. The van der Waals surface area contributed by atoms with Crippen LogP contribution < -0.4 is 5.32 Å². The van der Waals surface area contributed by atoms with Crippen LogP contribution in [-0.2, 0) is 4.79 Å². The highest BCUT2D eigenvalue weighted by molar-refractivity contribution is 5.75. The van der Waals surface area contributed by atoms with E-state index in [0.717, 1.165) is 25.7 Å². The van der Waals surface area contributed by atoms with Crippen LogP contribution in [0.4, 0.5) is 0 Å². The third-order valence-electron chi connectivity index (χ3n) is 3.86. The van der Waals surface area contributed by atoms with Gasteiger partial charge in [0.05, 0.1) is 6.10 Å². The number of hydrogen-bond acceptors (Lipinski definition) is 2. The summed E-state index contributed by atoms with van der Waals surface area (Å²) in [5.74, 6) is 0.0697. The van der Waals surface area contributed by atoms with Gasteiger partial charge in [-0.15, -0.1) is 0 Å². The van der Waals surface area contributed by atoms with Crippen molar-refractivity contribution in [1.82, 2.24) is 5.32 Å².